The van der Waals surface area contributed by atoms with Gasteiger partial charge in [0.2, 0.25) is 0 Å². The summed E-state index contributed by atoms with van der Waals surface area (Å²) in [6, 6.07) is 14.8. The van der Waals surface area contributed by atoms with Crippen molar-refractivity contribution in [2.75, 3.05) is 44.2 Å². The fraction of sp³-hybridized carbons (Fsp3) is 0.364. The molecule has 0 saturated carbocycles. The molecule has 1 N–H and O–H groups in total. The van der Waals surface area contributed by atoms with E-state index < -0.39 is 18.2 Å². The van der Waals surface area contributed by atoms with E-state index in [9.17, 15) is 9.59 Å². The molecule has 0 spiro atoms. The molecular formula is C22H23Cl2N3O4. The van der Waals surface area contributed by atoms with Gasteiger partial charge in [0.1, 0.15) is 6.61 Å². The number of ether oxygens (including phenoxy) is 2. The summed E-state index contributed by atoms with van der Waals surface area (Å²) in [4.78, 5) is 28.9. The molecule has 2 aliphatic heterocycles. The van der Waals surface area contributed by atoms with Crippen LogP contribution in [0.2, 0.25) is 10.0 Å². The number of amides is 1. The lowest BCUT2D eigenvalue weighted by atomic mass is 10.1. The Labute approximate surface area is 190 Å². The van der Waals surface area contributed by atoms with E-state index >= 15 is 0 Å². The molecule has 0 aliphatic carbocycles. The van der Waals surface area contributed by atoms with Gasteiger partial charge in [-0.1, -0.05) is 47.5 Å². The second kappa shape index (κ2) is 9.77. The van der Waals surface area contributed by atoms with Crippen LogP contribution in [0, 0.1) is 0 Å². The van der Waals surface area contributed by atoms with Gasteiger partial charge in [-0.3, -0.25) is 4.90 Å². The third-order valence-corrected chi connectivity index (χ3v) is 6.13. The number of cyclic esters (lactones) is 1. The van der Waals surface area contributed by atoms with Crippen LogP contribution in [0.5, 0.6) is 0 Å². The van der Waals surface area contributed by atoms with E-state index in [1.54, 1.807) is 18.2 Å². The van der Waals surface area contributed by atoms with Gasteiger partial charge in [-0.15, -0.1) is 0 Å². The van der Waals surface area contributed by atoms with Gasteiger partial charge in [0.15, 0.2) is 6.10 Å². The van der Waals surface area contributed by atoms with Gasteiger partial charge >= 0.3 is 12.1 Å². The molecule has 2 aromatic rings. The first-order valence-electron chi connectivity index (χ1n) is 10.1. The third-order valence-electron chi connectivity index (χ3n) is 5.50. The highest BCUT2D eigenvalue weighted by atomic mass is 35.5. The number of esters is 1. The maximum Gasteiger partial charge on any atom is 0.408 e. The number of hydrogen-bond donors (Lipinski definition) is 1. The Kier molecular flexibility index (Phi) is 6.85. The van der Waals surface area contributed by atoms with Crippen molar-refractivity contribution in [1.82, 2.24) is 10.2 Å². The number of piperazine rings is 1. The average molecular weight is 464 g/mol. The zero-order valence-electron chi connectivity index (χ0n) is 16.8. The van der Waals surface area contributed by atoms with E-state index in [0.717, 1.165) is 26.2 Å². The smallest absolute Gasteiger partial charge is 0.408 e. The topological polar surface area (TPSA) is 71.1 Å². The third kappa shape index (κ3) is 5.23. The zero-order valence-corrected chi connectivity index (χ0v) is 18.3. The molecule has 2 heterocycles. The van der Waals surface area contributed by atoms with Crippen molar-refractivity contribution in [3.8, 4) is 0 Å². The van der Waals surface area contributed by atoms with Crippen LogP contribution >= 0.6 is 23.2 Å². The predicted octanol–water partition coefficient (Wildman–Crippen LogP) is 3.45. The molecule has 9 heteroatoms. The van der Waals surface area contributed by atoms with Crippen molar-refractivity contribution in [3.05, 3.63) is 64.1 Å². The van der Waals surface area contributed by atoms with E-state index in [4.69, 9.17) is 32.7 Å². The number of hydrogen-bond acceptors (Lipinski definition) is 6. The maximum atomic E-state index is 12.4. The maximum absolute atomic E-state index is 12.4. The lowest BCUT2D eigenvalue weighted by Gasteiger charge is -2.37. The molecule has 2 fully saturated rings. The first-order valence-corrected chi connectivity index (χ1v) is 10.9. The number of halogens is 2. The quantitative estimate of drug-likeness (QED) is 0.661. The van der Waals surface area contributed by atoms with Gasteiger partial charge in [-0.2, -0.15) is 0 Å². The highest BCUT2D eigenvalue weighted by Gasteiger charge is 2.37. The van der Waals surface area contributed by atoms with Crippen molar-refractivity contribution in [1.29, 1.82) is 0 Å². The van der Waals surface area contributed by atoms with E-state index in [1.165, 1.54) is 5.69 Å². The summed E-state index contributed by atoms with van der Waals surface area (Å²) < 4.78 is 10.7. The summed E-state index contributed by atoms with van der Waals surface area (Å²) in [6.07, 6.45) is -1.09. The fourth-order valence-corrected chi connectivity index (χ4v) is 4.39. The van der Waals surface area contributed by atoms with Crippen molar-refractivity contribution in [3.63, 3.8) is 0 Å². The molecule has 31 heavy (non-hydrogen) atoms. The van der Waals surface area contributed by atoms with Crippen molar-refractivity contribution >= 4 is 41.0 Å². The van der Waals surface area contributed by atoms with Crippen molar-refractivity contribution < 1.29 is 19.1 Å². The first kappa shape index (κ1) is 21.7. The van der Waals surface area contributed by atoms with Gasteiger partial charge in [0.25, 0.3) is 0 Å². The summed E-state index contributed by atoms with van der Waals surface area (Å²) in [6.45, 7) is 4.07. The Balaban J connectivity index is 1.30. The number of benzene rings is 2. The number of anilines is 1. The van der Waals surface area contributed by atoms with Gasteiger partial charge in [0, 0.05) is 38.4 Å². The number of nitrogens with zero attached hydrogens (tertiary/aromatic N) is 2. The molecule has 0 unspecified atom stereocenters. The minimum Gasteiger partial charge on any atom is -0.458 e. The van der Waals surface area contributed by atoms with Gasteiger partial charge in [-0.25, -0.2) is 9.59 Å². The van der Waals surface area contributed by atoms with Crippen LogP contribution in [0.4, 0.5) is 10.5 Å². The minimum atomic E-state index is -0.645. The standard InChI is InChI=1S/C22H23Cl2N3O4/c23-16-7-4-8-17(24)20(16)21(28)30-14-19-18(25-22(29)31-19)13-26-9-11-27(12-10-26)15-5-2-1-3-6-15/h1-8,18-19H,9-14H2,(H,25,29)/t18-,19-/m1/s1. The van der Waals surface area contributed by atoms with Crippen LogP contribution in [-0.4, -0.2) is 68.4 Å². The monoisotopic (exact) mass is 463 g/mol. The Morgan fingerprint density at radius 3 is 2.39 bits per heavy atom. The molecule has 2 saturated heterocycles. The van der Waals surface area contributed by atoms with E-state index in [2.05, 4.69) is 27.2 Å². The van der Waals surface area contributed by atoms with Crippen molar-refractivity contribution in [2.24, 2.45) is 0 Å². The molecule has 164 valence electrons. The van der Waals surface area contributed by atoms with Gasteiger partial charge in [-0.05, 0) is 24.3 Å². The Morgan fingerprint density at radius 2 is 1.71 bits per heavy atom. The molecule has 4 rings (SSSR count). The van der Waals surface area contributed by atoms with Crippen LogP contribution in [0.3, 0.4) is 0 Å². The second-order valence-electron chi connectivity index (χ2n) is 7.51. The SMILES string of the molecule is O=C1N[C@H](CN2CCN(c3ccccc3)CC2)[C@@H](COC(=O)c2c(Cl)cccc2Cl)O1. The van der Waals surface area contributed by atoms with E-state index in [1.807, 2.05) is 18.2 Å². The summed E-state index contributed by atoms with van der Waals surface area (Å²) in [5.41, 5.74) is 1.32. The number of rotatable bonds is 6. The summed E-state index contributed by atoms with van der Waals surface area (Å²) in [7, 11) is 0. The van der Waals surface area contributed by atoms with Crippen LogP contribution in [0.1, 0.15) is 10.4 Å². The summed E-state index contributed by atoms with van der Waals surface area (Å²) in [5, 5.41) is 3.25. The Morgan fingerprint density at radius 1 is 1.03 bits per heavy atom. The van der Waals surface area contributed by atoms with Crippen LogP contribution in [0.15, 0.2) is 48.5 Å². The van der Waals surface area contributed by atoms with Crippen LogP contribution < -0.4 is 10.2 Å². The number of carbonyl (C=O) groups excluding carboxylic acids is 2. The first-order chi connectivity index (χ1) is 15.0. The molecular weight excluding hydrogens is 441 g/mol. The predicted molar refractivity (Wildman–Crippen MR) is 119 cm³/mol. The largest absolute Gasteiger partial charge is 0.458 e. The fourth-order valence-electron chi connectivity index (χ4n) is 3.84. The highest BCUT2D eigenvalue weighted by Crippen LogP contribution is 2.25. The van der Waals surface area contributed by atoms with Crippen LogP contribution in [-0.2, 0) is 9.47 Å². The highest BCUT2D eigenvalue weighted by molar-refractivity contribution is 6.39. The zero-order chi connectivity index (χ0) is 21.8. The van der Waals surface area contributed by atoms with E-state index in [-0.39, 0.29) is 28.3 Å². The molecule has 0 aromatic heterocycles. The molecule has 0 bridgehead atoms. The Bertz CT molecular complexity index is 915. The summed E-state index contributed by atoms with van der Waals surface area (Å²) >= 11 is 12.1. The molecule has 2 aliphatic rings. The molecule has 7 nitrogen and oxygen atoms in total. The van der Waals surface area contributed by atoms with Gasteiger partial charge < -0.3 is 19.7 Å². The number of carbonyl (C=O) groups is 2. The number of alkyl carbamates (subject to hydrolysis) is 1. The average Bonchev–Trinajstić information content (AvgIpc) is 3.12. The molecule has 1 amide bonds. The minimum absolute atomic E-state index is 0.0756. The number of para-hydroxylation sites is 1. The van der Waals surface area contributed by atoms with Crippen molar-refractivity contribution in [2.45, 2.75) is 12.1 Å². The lowest BCUT2D eigenvalue weighted by molar-refractivity contribution is 0.0228. The molecule has 2 atom stereocenters. The number of nitrogens with one attached hydrogen (secondary N) is 1. The molecule has 2 aromatic carbocycles. The lowest BCUT2D eigenvalue weighted by Crippen LogP contribution is -2.52. The second-order valence-corrected chi connectivity index (χ2v) is 8.33. The van der Waals surface area contributed by atoms with E-state index in [0.29, 0.717) is 6.54 Å². The Hall–Kier alpha value is -2.48. The normalized spacial score (nSPS) is 21.5. The molecule has 0 radical (unpaired) electrons. The van der Waals surface area contributed by atoms with Crippen LogP contribution in [0.25, 0.3) is 0 Å². The summed E-state index contributed by atoms with van der Waals surface area (Å²) in [5.74, 6) is -0.645. The van der Waals surface area contributed by atoms with Gasteiger partial charge in [0.05, 0.1) is 21.7 Å².